The Morgan fingerprint density at radius 1 is 0.778 bits per heavy atom. The van der Waals surface area contributed by atoms with Crippen molar-refractivity contribution in [1.82, 2.24) is 5.32 Å². The Bertz CT molecular complexity index is 1150. The molecule has 0 aliphatic carbocycles. The molecule has 0 aliphatic heterocycles. The molecule has 0 saturated carbocycles. The van der Waals surface area contributed by atoms with Crippen LogP contribution >= 0.6 is 0 Å². The second kappa shape index (κ2) is 14.3. The van der Waals surface area contributed by atoms with Gasteiger partial charge in [0.05, 0.1) is 6.54 Å². The van der Waals surface area contributed by atoms with E-state index >= 15 is 0 Å². The summed E-state index contributed by atoms with van der Waals surface area (Å²) in [5.74, 6) is -0.538. The molecule has 0 fully saturated rings. The number of hydrogen-bond donors (Lipinski definition) is 4. The Morgan fingerprint density at radius 3 is 2.25 bits per heavy atom. The maximum absolute atomic E-state index is 12.4. The zero-order valence-electron chi connectivity index (χ0n) is 20.4. The van der Waals surface area contributed by atoms with E-state index < -0.39 is 0 Å². The van der Waals surface area contributed by atoms with Crippen LogP contribution in [0.3, 0.4) is 0 Å². The summed E-state index contributed by atoms with van der Waals surface area (Å²) in [5, 5.41) is 11.6. The van der Waals surface area contributed by atoms with Crippen LogP contribution in [0.4, 0.5) is 17.1 Å². The Kier molecular flexibility index (Phi) is 10.5. The molecule has 3 aromatic carbocycles. The van der Waals surface area contributed by atoms with Gasteiger partial charge in [0.1, 0.15) is 0 Å². The van der Waals surface area contributed by atoms with E-state index in [9.17, 15) is 14.4 Å². The lowest BCUT2D eigenvalue weighted by atomic mass is 10.1. The Labute approximate surface area is 211 Å². The summed E-state index contributed by atoms with van der Waals surface area (Å²) in [6, 6.07) is 23.8. The maximum atomic E-state index is 12.4. The van der Waals surface area contributed by atoms with Crippen LogP contribution in [0.1, 0.15) is 28.8 Å². The minimum absolute atomic E-state index is 0.0266. The van der Waals surface area contributed by atoms with Crippen molar-refractivity contribution in [3.8, 4) is 0 Å². The van der Waals surface area contributed by atoms with E-state index in [4.69, 9.17) is 4.74 Å². The van der Waals surface area contributed by atoms with Crippen LogP contribution in [-0.4, -0.2) is 44.5 Å². The highest BCUT2D eigenvalue weighted by Crippen LogP contribution is 2.16. The summed E-state index contributed by atoms with van der Waals surface area (Å²) >= 11 is 0. The molecule has 8 nitrogen and oxygen atoms in total. The van der Waals surface area contributed by atoms with Crippen molar-refractivity contribution in [3.05, 3.63) is 90.0 Å². The smallest absolute Gasteiger partial charge is 0.251 e. The SMILES string of the molecule is COCCCNC(=O)c1cccc(NC(=O)CNc2cccc(NC(=O)CCc3ccccc3)c2)c1. The van der Waals surface area contributed by atoms with Crippen molar-refractivity contribution in [1.29, 1.82) is 0 Å². The van der Waals surface area contributed by atoms with E-state index in [0.717, 1.165) is 12.0 Å². The highest BCUT2D eigenvalue weighted by Gasteiger charge is 2.09. The molecular formula is C28H32N4O4. The van der Waals surface area contributed by atoms with E-state index in [2.05, 4.69) is 21.3 Å². The normalized spacial score (nSPS) is 10.4. The molecule has 0 bridgehead atoms. The molecular weight excluding hydrogens is 456 g/mol. The highest BCUT2D eigenvalue weighted by molar-refractivity contribution is 5.98. The number of carbonyl (C=O) groups excluding carboxylic acids is 3. The Balaban J connectivity index is 1.45. The number of ether oxygens (including phenoxy) is 1. The maximum Gasteiger partial charge on any atom is 0.251 e. The van der Waals surface area contributed by atoms with Gasteiger partial charge in [-0.1, -0.05) is 42.5 Å². The second-order valence-electron chi connectivity index (χ2n) is 8.20. The lowest BCUT2D eigenvalue weighted by Gasteiger charge is -2.11. The zero-order chi connectivity index (χ0) is 25.6. The lowest BCUT2D eigenvalue weighted by Crippen LogP contribution is -2.25. The topological polar surface area (TPSA) is 109 Å². The fourth-order valence-corrected chi connectivity index (χ4v) is 3.48. The molecule has 0 radical (unpaired) electrons. The van der Waals surface area contributed by atoms with Crippen LogP contribution in [0, 0.1) is 0 Å². The molecule has 3 rings (SSSR count). The van der Waals surface area contributed by atoms with Gasteiger partial charge in [0.25, 0.3) is 5.91 Å². The average molecular weight is 489 g/mol. The van der Waals surface area contributed by atoms with E-state index in [-0.39, 0.29) is 24.3 Å². The van der Waals surface area contributed by atoms with Crippen molar-refractivity contribution in [2.45, 2.75) is 19.3 Å². The van der Waals surface area contributed by atoms with Crippen molar-refractivity contribution >= 4 is 34.8 Å². The molecule has 0 aliphatic rings. The largest absolute Gasteiger partial charge is 0.385 e. The third kappa shape index (κ3) is 9.23. The first kappa shape index (κ1) is 26.4. The summed E-state index contributed by atoms with van der Waals surface area (Å²) in [6.45, 7) is 1.12. The third-order valence-corrected chi connectivity index (χ3v) is 5.30. The first-order valence-electron chi connectivity index (χ1n) is 11.9. The lowest BCUT2D eigenvalue weighted by molar-refractivity contribution is -0.116. The van der Waals surface area contributed by atoms with Crippen LogP contribution in [0.25, 0.3) is 0 Å². The summed E-state index contributed by atoms with van der Waals surface area (Å²) in [6.07, 6.45) is 1.78. The minimum atomic E-state index is -0.259. The van der Waals surface area contributed by atoms with Gasteiger partial charge in [-0.3, -0.25) is 14.4 Å². The number of rotatable bonds is 13. The van der Waals surface area contributed by atoms with Crippen molar-refractivity contribution in [2.24, 2.45) is 0 Å². The molecule has 3 amide bonds. The second-order valence-corrected chi connectivity index (χ2v) is 8.20. The monoisotopic (exact) mass is 488 g/mol. The summed E-state index contributed by atoms with van der Waals surface area (Å²) in [4.78, 5) is 37.0. The molecule has 0 unspecified atom stereocenters. The summed E-state index contributed by atoms with van der Waals surface area (Å²) < 4.78 is 4.97. The van der Waals surface area contributed by atoms with E-state index in [1.807, 2.05) is 42.5 Å². The summed E-state index contributed by atoms with van der Waals surface area (Å²) in [7, 11) is 1.62. The Morgan fingerprint density at radius 2 is 1.47 bits per heavy atom. The number of nitrogens with one attached hydrogen (secondary N) is 4. The first-order chi connectivity index (χ1) is 17.5. The molecule has 0 spiro atoms. The van der Waals surface area contributed by atoms with Gasteiger partial charge in [-0.15, -0.1) is 0 Å². The molecule has 0 atom stereocenters. The van der Waals surface area contributed by atoms with Crippen LogP contribution in [0.2, 0.25) is 0 Å². The first-order valence-corrected chi connectivity index (χ1v) is 11.9. The fourth-order valence-electron chi connectivity index (χ4n) is 3.48. The predicted molar refractivity (Wildman–Crippen MR) is 142 cm³/mol. The standard InChI is InChI=1S/C28H32N4O4/c1-36-17-7-16-29-28(35)22-10-5-12-24(18-22)32-27(34)20-30-23-11-6-13-25(19-23)31-26(33)15-14-21-8-3-2-4-9-21/h2-6,8-13,18-19,30H,7,14-17,20H2,1H3,(H,29,35)(H,31,33)(H,32,34). The molecule has 36 heavy (non-hydrogen) atoms. The number of anilines is 3. The van der Waals surface area contributed by atoms with Crippen molar-refractivity contribution < 1.29 is 19.1 Å². The number of methoxy groups -OCH3 is 1. The van der Waals surface area contributed by atoms with Gasteiger partial charge in [0, 0.05) is 49.3 Å². The van der Waals surface area contributed by atoms with Crippen LogP contribution < -0.4 is 21.3 Å². The molecule has 4 N–H and O–H groups in total. The fraction of sp³-hybridized carbons (Fsp3) is 0.250. The van der Waals surface area contributed by atoms with Crippen LogP contribution in [0.15, 0.2) is 78.9 Å². The summed E-state index contributed by atoms with van der Waals surface area (Å²) in [5.41, 5.74) is 3.47. The molecule has 0 saturated heterocycles. The van der Waals surface area contributed by atoms with Crippen LogP contribution in [-0.2, 0) is 20.7 Å². The van der Waals surface area contributed by atoms with Gasteiger partial charge >= 0.3 is 0 Å². The van der Waals surface area contributed by atoms with E-state index in [0.29, 0.717) is 48.6 Å². The van der Waals surface area contributed by atoms with E-state index in [1.165, 1.54) is 0 Å². The number of carbonyl (C=O) groups is 3. The van der Waals surface area contributed by atoms with Crippen LogP contribution in [0.5, 0.6) is 0 Å². The zero-order valence-corrected chi connectivity index (χ0v) is 20.4. The number of aryl methyl sites for hydroxylation is 1. The van der Waals surface area contributed by atoms with Gasteiger partial charge in [-0.05, 0) is 54.8 Å². The Hall–Kier alpha value is -4.17. The number of benzene rings is 3. The molecule has 188 valence electrons. The average Bonchev–Trinajstić information content (AvgIpc) is 2.90. The van der Waals surface area contributed by atoms with Crippen molar-refractivity contribution in [3.63, 3.8) is 0 Å². The quantitative estimate of drug-likeness (QED) is 0.271. The molecule has 3 aromatic rings. The molecule has 0 aromatic heterocycles. The van der Waals surface area contributed by atoms with Gasteiger partial charge in [-0.25, -0.2) is 0 Å². The van der Waals surface area contributed by atoms with Crippen molar-refractivity contribution in [2.75, 3.05) is 42.8 Å². The van der Waals surface area contributed by atoms with Gasteiger partial charge in [0.2, 0.25) is 11.8 Å². The van der Waals surface area contributed by atoms with Gasteiger partial charge < -0.3 is 26.0 Å². The van der Waals surface area contributed by atoms with E-state index in [1.54, 1.807) is 43.5 Å². The highest BCUT2D eigenvalue weighted by atomic mass is 16.5. The molecule has 8 heteroatoms. The van der Waals surface area contributed by atoms with Gasteiger partial charge in [-0.2, -0.15) is 0 Å². The predicted octanol–water partition coefficient (Wildman–Crippen LogP) is 4.07. The number of amides is 3. The minimum Gasteiger partial charge on any atom is -0.385 e. The molecule has 0 heterocycles. The number of hydrogen-bond acceptors (Lipinski definition) is 5. The third-order valence-electron chi connectivity index (χ3n) is 5.30. The van der Waals surface area contributed by atoms with Gasteiger partial charge in [0.15, 0.2) is 0 Å².